The average molecular weight is 314 g/mol. The number of oxazole rings is 1. The molecule has 0 unspecified atom stereocenters. The van der Waals surface area contributed by atoms with Crippen LogP contribution in [0, 0.1) is 13.8 Å². The zero-order valence-corrected chi connectivity index (χ0v) is 13.8. The molecular weight excluding hydrogens is 292 g/mol. The van der Waals surface area contributed by atoms with E-state index in [2.05, 4.69) is 0 Å². The van der Waals surface area contributed by atoms with Crippen molar-refractivity contribution in [1.29, 1.82) is 0 Å². The molecule has 0 N–H and O–H groups in total. The smallest absolute Gasteiger partial charge is 0.407 e. The number of aryl methyl sites for hydroxylation is 2. The molecule has 1 aliphatic heterocycles. The van der Waals surface area contributed by atoms with E-state index in [-0.39, 0.29) is 17.7 Å². The zero-order valence-electron chi connectivity index (χ0n) is 13.8. The normalized spacial score (nSPS) is 16.6. The first-order valence-corrected chi connectivity index (χ1v) is 8.05. The number of allylic oxidation sites excluding steroid dienone is 1. The number of piperidine rings is 1. The molecule has 0 atom stereocenters. The fourth-order valence-corrected chi connectivity index (χ4v) is 3.42. The second-order valence-corrected chi connectivity index (χ2v) is 6.22. The Balaban J connectivity index is 1.89. The van der Waals surface area contributed by atoms with Crippen LogP contribution < -0.4 is 5.76 Å². The van der Waals surface area contributed by atoms with Gasteiger partial charge in [-0.05, 0) is 56.9 Å². The fourth-order valence-electron chi connectivity index (χ4n) is 3.42. The summed E-state index contributed by atoms with van der Waals surface area (Å²) in [4.78, 5) is 26.1. The maximum absolute atomic E-state index is 12.3. The lowest BCUT2D eigenvalue weighted by Gasteiger charge is -2.31. The van der Waals surface area contributed by atoms with Gasteiger partial charge in [-0.25, -0.2) is 4.79 Å². The highest BCUT2D eigenvalue weighted by Gasteiger charge is 2.26. The van der Waals surface area contributed by atoms with Crippen molar-refractivity contribution in [3.63, 3.8) is 0 Å². The Kier molecular flexibility index (Phi) is 4.11. The van der Waals surface area contributed by atoms with Gasteiger partial charge in [0.25, 0.3) is 0 Å². The molecule has 1 aliphatic rings. The van der Waals surface area contributed by atoms with Gasteiger partial charge in [0.05, 0.1) is 5.52 Å². The maximum atomic E-state index is 12.3. The first kappa shape index (κ1) is 15.6. The molecule has 0 aliphatic carbocycles. The van der Waals surface area contributed by atoms with E-state index in [1.54, 1.807) is 16.7 Å². The number of carbonyl (C=O) groups is 1. The van der Waals surface area contributed by atoms with Crippen LogP contribution in [0.3, 0.4) is 0 Å². The summed E-state index contributed by atoms with van der Waals surface area (Å²) in [6.07, 6.45) is 4.89. The van der Waals surface area contributed by atoms with Crippen molar-refractivity contribution in [3.8, 4) is 0 Å². The summed E-state index contributed by atoms with van der Waals surface area (Å²) in [5.41, 5.74) is 3.64. The molecule has 0 radical (unpaired) electrons. The summed E-state index contributed by atoms with van der Waals surface area (Å²) in [6, 6.07) is 4.11. The first-order valence-electron chi connectivity index (χ1n) is 8.05. The highest BCUT2D eigenvalue weighted by molar-refractivity contribution is 5.87. The van der Waals surface area contributed by atoms with Crippen molar-refractivity contribution in [2.45, 2.75) is 39.7 Å². The molecule has 5 heteroatoms. The van der Waals surface area contributed by atoms with Gasteiger partial charge in [0.15, 0.2) is 5.58 Å². The van der Waals surface area contributed by atoms with Crippen LogP contribution in [0.4, 0.5) is 0 Å². The summed E-state index contributed by atoms with van der Waals surface area (Å²) < 4.78 is 7.24. The van der Waals surface area contributed by atoms with Gasteiger partial charge in [0.2, 0.25) is 5.91 Å². The number of aromatic nitrogens is 1. The SMILES string of the molecule is C/C=C/C(=O)N1CCC(n2c(=O)oc3c(C)cc(C)cc32)CC1. The van der Waals surface area contributed by atoms with E-state index in [0.717, 1.165) is 29.5 Å². The van der Waals surface area contributed by atoms with Gasteiger partial charge in [-0.3, -0.25) is 9.36 Å². The topological polar surface area (TPSA) is 55.5 Å². The van der Waals surface area contributed by atoms with Crippen LogP contribution in [0.25, 0.3) is 11.1 Å². The second-order valence-electron chi connectivity index (χ2n) is 6.22. The largest absolute Gasteiger partial charge is 0.420 e. The van der Waals surface area contributed by atoms with Gasteiger partial charge in [-0.2, -0.15) is 0 Å². The molecule has 3 rings (SSSR count). The molecule has 0 saturated carbocycles. The third-order valence-electron chi connectivity index (χ3n) is 4.50. The molecule has 0 spiro atoms. The number of benzene rings is 1. The molecule has 1 saturated heterocycles. The summed E-state index contributed by atoms with van der Waals surface area (Å²) in [7, 11) is 0. The van der Waals surface area contributed by atoms with Crippen molar-refractivity contribution < 1.29 is 9.21 Å². The van der Waals surface area contributed by atoms with Gasteiger partial charge in [0, 0.05) is 19.1 Å². The Morgan fingerprint density at radius 3 is 2.61 bits per heavy atom. The number of amides is 1. The van der Waals surface area contributed by atoms with E-state index >= 15 is 0 Å². The predicted molar refractivity (Wildman–Crippen MR) is 89.6 cm³/mol. The molecule has 0 bridgehead atoms. The molecule has 1 fully saturated rings. The second kappa shape index (κ2) is 6.07. The highest BCUT2D eigenvalue weighted by Crippen LogP contribution is 2.27. The van der Waals surface area contributed by atoms with Crippen molar-refractivity contribution in [3.05, 3.63) is 46.0 Å². The Bertz CT molecular complexity index is 821. The monoisotopic (exact) mass is 314 g/mol. The lowest BCUT2D eigenvalue weighted by Crippen LogP contribution is -2.39. The third-order valence-corrected chi connectivity index (χ3v) is 4.50. The lowest BCUT2D eigenvalue weighted by atomic mass is 10.0. The maximum Gasteiger partial charge on any atom is 0.420 e. The molecule has 1 amide bonds. The van der Waals surface area contributed by atoms with Gasteiger partial charge < -0.3 is 9.32 Å². The minimum Gasteiger partial charge on any atom is -0.407 e. The van der Waals surface area contributed by atoms with Gasteiger partial charge in [0.1, 0.15) is 0 Å². The van der Waals surface area contributed by atoms with Crippen LogP contribution in [0.1, 0.15) is 36.9 Å². The third kappa shape index (κ3) is 2.83. The van der Waals surface area contributed by atoms with Crippen LogP contribution in [-0.2, 0) is 4.79 Å². The average Bonchev–Trinajstić information content (AvgIpc) is 2.84. The Morgan fingerprint density at radius 1 is 1.26 bits per heavy atom. The number of rotatable bonds is 2. The van der Waals surface area contributed by atoms with E-state index in [1.807, 2.05) is 37.8 Å². The number of hydrogen-bond acceptors (Lipinski definition) is 3. The molecule has 2 heterocycles. The van der Waals surface area contributed by atoms with E-state index < -0.39 is 0 Å². The predicted octanol–water partition coefficient (Wildman–Crippen LogP) is 2.95. The number of hydrogen-bond donors (Lipinski definition) is 0. The van der Waals surface area contributed by atoms with E-state index in [9.17, 15) is 9.59 Å². The van der Waals surface area contributed by atoms with Gasteiger partial charge in [-0.1, -0.05) is 12.1 Å². The number of fused-ring (bicyclic) bond motifs is 1. The summed E-state index contributed by atoms with van der Waals surface area (Å²) in [6.45, 7) is 7.15. The van der Waals surface area contributed by atoms with Crippen LogP contribution in [0.2, 0.25) is 0 Å². The van der Waals surface area contributed by atoms with Crippen molar-refractivity contribution >= 4 is 17.0 Å². The minimum absolute atomic E-state index is 0.0436. The van der Waals surface area contributed by atoms with Crippen LogP contribution in [-0.4, -0.2) is 28.5 Å². The zero-order chi connectivity index (χ0) is 16.6. The number of likely N-dealkylation sites (tertiary alicyclic amines) is 1. The van der Waals surface area contributed by atoms with E-state index in [0.29, 0.717) is 18.7 Å². The van der Waals surface area contributed by atoms with Crippen LogP contribution in [0.15, 0.2) is 33.5 Å². The van der Waals surface area contributed by atoms with Crippen LogP contribution >= 0.6 is 0 Å². The van der Waals surface area contributed by atoms with Gasteiger partial charge >= 0.3 is 5.76 Å². The molecule has 1 aromatic carbocycles. The van der Waals surface area contributed by atoms with E-state index in [1.165, 1.54) is 0 Å². The Labute approximate surface area is 135 Å². The fraction of sp³-hybridized carbons (Fsp3) is 0.444. The number of nitrogens with zero attached hydrogens (tertiary/aromatic N) is 2. The quantitative estimate of drug-likeness (QED) is 0.801. The van der Waals surface area contributed by atoms with Crippen molar-refractivity contribution in [2.75, 3.05) is 13.1 Å². The van der Waals surface area contributed by atoms with Crippen LogP contribution in [0.5, 0.6) is 0 Å². The summed E-state index contributed by atoms with van der Waals surface area (Å²) in [5, 5.41) is 0. The number of carbonyl (C=O) groups excluding carboxylic acids is 1. The van der Waals surface area contributed by atoms with Crippen molar-refractivity contribution in [1.82, 2.24) is 9.47 Å². The van der Waals surface area contributed by atoms with Crippen molar-refractivity contribution in [2.24, 2.45) is 0 Å². The van der Waals surface area contributed by atoms with E-state index in [4.69, 9.17) is 4.42 Å². The minimum atomic E-state index is -0.299. The summed E-state index contributed by atoms with van der Waals surface area (Å²) >= 11 is 0. The Hall–Kier alpha value is -2.30. The highest BCUT2D eigenvalue weighted by atomic mass is 16.4. The molecule has 5 nitrogen and oxygen atoms in total. The standard InChI is InChI=1S/C18H22N2O3/c1-4-5-16(21)19-8-6-14(7-9-19)20-15-11-12(2)10-13(3)17(15)23-18(20)22/h4-5,10-11,14H,6-9H2,1-3H3/b5-4+. The molecule has 23 heavy (non-hydrogen) atoms. The molecular formula is C18H22N2O3. The summed E-state index contributed by atoms with van der Waals surface area (Å²) in [5.74, 6) is -0.256. The first-order chi connectivity index (χ1) is 11.0. The lowest BCUT2D eigenvalue weighted by molar-refractivity contribution is -0.127. The molecule has 122 valence electrons. The molecule has 2 aromatic rings. The molecule has 1 aromatic heterocycles. The Morgan fingerprint density at radius 2 is 1.96 bits per heavy atom. The van der Waals surface area contributed by atoms with Gasteiger partial charge in [-0.15, -0.1) is 0 Å².